The Morgan fingerprint density at radius 3 is 2.10 bits per heavy atom. The Morgan fingerprint density at radius 2 is 1.55 bits per heavy atom. The van der Waals surface area contributed by atoms with Crippen molar-refractivity contribution in [2.75, 3.05) is 27.9 Å². The van der Waals surface area contributed by atoms with Gasteiger partial charge in [0.2, 0.25) is 5.75 Å². The molecule has 0 bridgehead atoms. The molecule has 2 aromatic rings. The van der Waals surface area contributed by atoms with Crippen molar-refractivity contribution in [1.29, 1.82) is 0 Å². The number of rotatable bonds is 8. The van der Waals surface area contributed by atoms with Crippen LogP contribution in [0.3, 0.4) is 0 Å². The quantitative estimate of drug-likeness (QED) is 0.595. The maximum atomic E-state index is 12.5. The van der Waals surface area contributed by atoms with Crippen LogP contribution in [0.25, 0.3) is 0 Å². The number of fused-ring (bicyclic) bond motifs is 1. The van der Waals surface area contributed by atoms with E-state index in [-0.39, 0.29) is 24.0 Å². The third-order valence-electron chi connectivity index (χ3n) is 5.95. The summed E-state index contributed by atoms with van der Waals surface area (Å²) in [4.78, 5) is 26.3. The Balaban J connectivity index is 1.34. The van der Waals surface area contributed by atoms with Crippen LogP contribution in [0.4, 0.5) is 0 Å². The third kappa shape index (κ3) is 3.97. The number of hydrogen-bond acceptors (Lipinski definition) is 6. The van der Waals surface area contributed by atoms with E-state index in [0.29, 0.717) is 41.3 Å². The van der Waals surface area contributed by atoms with Crippen LogP contribution in [-0.2, 0) is 4.74 Å². The number of ether oxygens (including phenoxy) is 4. The number of carbonyl (C=O) groups excluding carboxylic acids is 2. The highest BCUT2D eigenvalue weighted by molar-refractivity contribution is 6.21. The molecule has 0 saturated carbocycles. The molecule has 2 heterocycles. The monoisotopic (exact) mass is 425 g/mol. The van der Waals surface area contributed by atoms with Gasteiger partial charge in [-0.2, -0.15) is 0 Å². The lowest BCUT2D eigenvalue weighted by atomic mass is 10.0. The summed E-state index contributed by atoms with van der Waals surface area (Å²) in [6.45, 7) is 0.404. The van der Waals surface area contributed by atoms with Crippen molar-refractivity contribution in [1.82, 2.24) is 4.90 Å². The lowest BCUT2D eigenvalue weighted by molar-refractivity contribution is 0.0361. The van der Waals surface area contributed by atoms with Gasteiger partial charge < -0.3 is 18.9 Å². The molecule has 2 aliphatic heterocycles. The van der Waals surface area contributed by atoms with E-state index in [1.807, 2.05) is 12.1 Å². The SMILES string of the molecule is COc1cc([C@H]2CC[C@@H](CCCN3C(=O)c4ccccc4C3=O)O2)cc(OC)c1OC. The van der Waals surface area contributed by atoms with Crippen molar-refractivity contribution >= 4 is 11.8 Å². The number of benzene rings is 2. The maximum Gasteiger partial charge on any atom is 0.261 e. The average Bonchev–Trinajstić information content (AvgIpc) is 3.37. The van der Waals surface area contributed by atoms with Gasteiger partial charge in [-0.05, 0) is 55.5 Å². The zero-order valence-corrected chi connectivity index (χ0v) is 18.1. The normalized spacial score (nSPS) is 20.2. The van der Waals surface area contributed by atoms with Gasteiger partial charge in [-0.15, -0.1) is 0 Å². The molecule has 2 aromatic carbocycles. The van der Waals surface area contributed by atoms with Gasteiger partial charge in [-0.25, -0.2) is 0 Å². The molecule has 2 aliphatic rings. The smallest absolute Gasteiger partial charge is 0.261 e. The van der Waals surface area contributed by atoms with Crippen molar-refractivity contribution in [2.45, 2.75) is 37.9 Å². The van der Waals surface area contributed by atoms with Crippen LogP contribution < -0.4 is 14.2 Å². The van der Waals surface area contributed by atoms with E-state index in [2.05, 4.69) is 0 Å². The fraction of sp³-hybridized carbons (Fsp3) is 0.417. The van der Waals surface area contributed by atoms with Crippen molar-refractivity contribution in [3.05, 3.63) is 53.1 Å². The molecule has 2 atom stereocenters. The summed E-state index contributed by atoms with van der Waals surface area (Å²) in [6.07, 6.45) is 3.32. The second-order valence-corrected chi connectivity index (χ2v) is 7.73. The molecule has 0 N–H and O–H groups in total. The van der Waals surface area contributed by atoms with Gasteiger partial charge in [-0.1, -0.05) is 12.1 Å². The van der Waals surface area contributed by atoms with Gasteiger partial charge in [0.1, 0.15) is 0 Å². The molecule has 1 fully saturated rings. The fourth-order valence-corrected chi connectivity index (χ4v) is 4.37. The number of methoxy groups -OCH3 is 3. The van der Waals surface area contributed by atoms with Crippen molar-refractivity contribution in [3.8, 4) is 17.2 Å². The van der Waals surface area contributed by atoms with Crippen LogP contribution in [-0.4, -0.2) is 50.7 Å². The molecule has 0 aromatic heterocycles. The van der Waals surface area contributed by atoms with Crippen molar-refractivity contribution in [3.63, 3.8) is 0 Å². The minimum atomic E-state index is -0.205. The Bertz CT molecular complexity index is 928. The zero-order valence-electron chi connectivity index (χ0n) is 18.1. The fourth-order valence-electron chi connectivity index (χ4n) is 4.37. The topological polar surface area (TPSA) is 74.3 Å². The number of imide groups is 1. The number of carbonyl (C=O) groups is 2. The molecule has 7 heteroatoms. The van der Waals surface area contributed by atoms with Crippen LogP contribution in [0.2, 0.25) is 0 Å². The zero-order chi connectivity index (χ0) is 22.0. The Morgan fingerprint density at radius 1 is 0.935 bits per heavy atom. The summed E-state index contributed by atoms with van der Waals surface area (Å²) in [5.74, 6) is 1.36. The third-order valence-corrected chi connectivity index (χ3v) is 5.95. The van der Waals surface area contributed by atoms with Crippen LogP contribution >= 0.6 is 0 Å². The Labute approximate surface area is 181 Å². The lowest BCUT2D eigenvalue weighted by Crippen LogP contribution is -2.31. The van der Waals surface area contributed by atoms with E-state index < -0.39 is 0 Å². The van der Waals surface area contributed by atoms with Crippen molar-refractivity contribution < 1.29 is 28.5 Å². The van der Waals surface area contributed by atoms with Gasteiger partial charge in [0.05, 0.1) is 44.7 Å². The van der Waals surface area contributed by atoms with Gasteiger partial charge in [0, 0.05) is 6.54 Å². The second kappa shape index (κ2) is 8.98. The number of amides is 2. The minimum Gasteiger partial charge on any atom is -0.493 e. The molecular formula is C24H27NO6. The molecule has 0 radical (unpaired) electrons. The molecule has 0 aliphatic carbocycles. The first-order valence-corrected chi connectivity index (χ1v) is 10.5. The molecule has 2 amide bonds. The largest absolute Gasteiger partial charge is 0.493 e. The van der Waals surface area contributed by atoms with E-state index in [1.54, 1.807) is 45.6 Å². The average molecular weight is 425 g/mol. The van der Waals surface area contributed by atoms with Crippen molar-refractivity contribution in [2.24, 2.45) is 0 Å². The highest BCUT2D eigenvalue weighted by Gasteiger charge is 2.35. The summed E-state index contributed by atoms with van der Waals surface area (Å²) in [5.41, 5.74) is 1.97. The molecule has 7 nitrogen and oxygen atoms in total. The van der Waals surface area contributed by atoms with Gasteiger partial charge >= 0.3 is 0 Å². The molecule has 0 unspecified atom stereocenters. The lowest BCUT2D eigenvalue weighted by Gasteiger charge is -2.19. The minimum absolute atomic E-state index is 0.0574. The highest BCUT2D eigenvalue weighted by Crippen LogP contribution is 2.43. The first-order valence-electron chi connectivity index (χ1n) is 10.5. The van der Waals surface area contributed by atoms with Crippen LogP contribution in [0, 0.1) is 0 Å². The summed E-state index contributed by atoms with van der Waals surface area (Å²) in [7, 11) is 4.77. The molecule has 0 spiro atoms. The Kier molecular flexibility index (Phi) is 6.13. The Hall–Kier alpha value is -3.06. The number of nitrogens with zero attached hydrogens (tertiary/aromatic N) is 1. The number of hydrogen-bond donors (Lipinski definition) is 0. The second-order valence-electron chi connectivity index (χ2n) is 7.73. The highest BCUT2D eigenvalue weighted by atomic mass is 16.5. The summed E-state index contributed by atoms with van der Waals surface area (Å²) >= 11 is 0. The van der Waals surface area contributed by atoms with E-state index >= 15 is 0 Å². The maximum absolute atomic E-state index is 12.5. The first-order chi connectivity index (χ1) is 15.1. The molecule has 1 saturated heterocycles. The standard InChI is InChI=1S/C24H27NO6/c1-28-20-13-15(14-21(29-2)22(20)30-3)19-11-10-16(31-19)7-6-12-25-23(26)17-8-4-5-9-18(17)24(25)27/h4-5,8-9,13-14,16,19H,6-7,10-12H2,1-3H3/t16-,19-/m1/s1. The first kappa shape index (κ1) is 21.2. The van der Waals surface area contributed by atoms with Crippen LogP contribution in [0.5, 0.6) is 17.2 Å². The van der Waals surface area contributed by atoms with E-state index in [1.165, 1.54) is 4.90 Å². The van der Waals surface area contributed by atoms with Gasteiger partial charge in [0.15, 0.2) is 11.5 Å². The van der Waals surface area contributed by atoms with E-state index in [9.17, 15) is 9.59 Å². The van der Waals surface area contributed by atoms with Gasteiger partial charge in [0.25, 0.3) is 11.8 Å². The van der Waals surface area contributed by atoms with Crippen LogP contribution in [0.1, 0.15) is 58.1 Å². The predicted octanol–water partition coefficient (Wildman–Crippen LogP) is 4.01. The summed E-state index contributed by atoms with van der Waals surface area (Å²) < 4.78 is 22.5. The van der Waals surface area contributed by atoms with Gasteiger partial charge in [-0.3, -0.25) is 14.5 Å². The molecule has 31 heavy (non-hydrogen) atoms. The van der Waals surface area contributed by atoms with E-state index in [0.717, 1.165) is 24.8 Å². The predicted molar refractivity (Wildman–Crippen MR) is 114 cm³/mol. The van der Waals surface area contributed by atoms with E-state index in [4.69, 9.17) is 18.9 Å². The summed E-state index contributed by atoms with van der Waals surface area (Å²) in [6, 6.07) is 10.8. The molecular weight excluding hydrogens is 398 g/mol. The molecule has 4 rings (SSSR count). The van der Waals surface area contributed by atoms with Crippen LogP contribution in [0.15, 0.2) is 36.4 Å². The molecule has 164 valence electrons. The summed E-state index contributed by atoms with van der Waals surface area (Å²) in [5, 5.41) is 0.